The number of fused-ring (bicyclic) bond motifs is 2. The predicted molar refractivity (Wildman–Crippen MR) is 95.6 cm³/mol. The molecule has 130 valence electrons. The van der Waals surface area contributed by atoms with Crippen LogP contribution in [0.3, 0.4) is 0 Å². The molecule has 4 nitrogen and oxygen atoms in total. The molecule has 0 radical (unpaired) electrons. The van der Waals surface area contributed by atoms with Gasteiger partial charge in [-0.1, -0.05) is 18.2 Å². The number of amides is 1. The fraction of sp³-hybridized carbons (Fsp3) is 0.350. The summed E-state index contributed by atoms with van der Waals surface area (Å²) >= 11 is 0. The van der Waals surface area contributed by atoms with E-state index in [-0.39, 0.29) is 17.8 Å². The minimum absolute atomic E-state index is 0.0970. The van der Waals surface area contributed by atoms with Crippen LogP contribution in [0.4, 0.5) is 15.8 Å². The van der Waals surface area contributed by atoms with Crippen LogP contribution in [0.25, 0.3) is 0 Å². The highest BCUT2D eigenvalue weighted by Crippen LogP contribution is 2.47. The second kappa shape index (κ2) is 6.06. The van der Waals surface area contributed by atoms with E-state index in [2.05, 4.69) is 10.6 Å². The van der Waals surface area contributed by atoms with Gasteiger partial charge in [0.1, 0.15) is 11.6 Å². The summed E-state index contributed by atoms with van der Waals surface area (Å²) in [4.78, 5) is 12.6. The van der Waals surface area contributed by atoms with Gasteiger partial charge in [-0.05, 0) is 49.4 Å². The van der Waals surface area contributed by atoms with Gasteiger partial charge < -0.3 is 15.4 Å². The van der Waals surface area contributed by atoms with Crippen LogP contribution in [-0.2, 0) is 10.2 Å². The highest BCUT2D eigenvalue weighted by atomic mass is 19.1. The third-order valence-corrected chi connectivity index (χ3v) is 5.50. The molecular formula is C20H21FN2O2. The summed E-state index contributed by atoms with van der Waals surface area (Å²) in [5.41, 5.74) is 2.06. The maximum Gasteiger partial charge on any atom is 0.235 e. The number of carbonyl (C=O) groups is 1. The van der Waals surface area contributed by atoms with Crippen molar-refractivity contribution in [2.45, 2.75) is 37.1 Å². The minimum Gasteiger partial charge on any atom is -0.497 e. The number of methoxy groups -OCH3 is 1. The molecule has 1 amide bonds. The highest BCUT2D eigenvalue weighted by Gasteiger charge is 2.48. The number of ether oxygens (including phenoxy) is 1. The van der Waals surface area contributed by atoms with Gasteiger partial charge in [0.25, 0.3) is 0 Å². The monoisotopic (exact) mass is 340 g/mol. The van der Waals surface area contributed by atoms with Gasteiger partial charge in [0.2, 0.25) is 5.91 Å². The molecule has 2 aromatic rings. The molecule has 0 saturated heterocycles. The standard InChI is InChI=1S/C20H21FN2O2/c1-25-14-6-7-16(21)18(12-14)22-13-8-10-20(11-9-13)15-4-2-3-5-17(15)23-19(20)24/h2-7,12-13,22H,8-11H2,1H3,(H,23,24). The van der Waals surface area contributed by atoms with E-state index in [0.29, 0.717) is 11.4 Å². The van der Waals surface area contributed by atoms with Crippen molar-refractivity contribution >= 4 is 17.3 Å². The fourth-order valence-electron chi connectivity index (χ4n) is 4.09. The van der Waals surface area contributed by atoms with Gasteiger partial charge in [-0.2, -0.15) is 0 Å². The van der Waals surface area contributed by atoms with Crippen LogP contribution in [0.15, 0.2) is 42.5 Å². The van der Waals surface area contributed by atoms with Gasteiger partial charge in [-0.3, -0.25) is 4.79 Å². The lowest BCUT2D eigenvalue weighted by molar-refractivity contribution is -0.122. The van der Waals surface area contributed by atoms with Gasteiger partial charge in [0.15, 0.2) is 0 Å². The fourth-order valence-corrected chi connectivity index (χ4v) is 4.09. The molecule has 0 unspecified atom stereocenters. The summed E-state index contributed by atoms with van der Waals surface area (Å²) in [6.45, 7) is 0. The number of carbonyl (C=O) groups excluding carboxylic acids is 1. The Morgan fingerprint density at radius 3 is 2.72 bits per heavy atom. The van der Waals surface area contributed by atoms with Gasteiger partial charge in [0.05, 0.1) is 18.2 Å². The number of benzene rings is 2. The third kappa shape index (κ3) is 2.64. The number of para-hydroxylation sites is 1. The molecule has 0 atom stereocenters. The van der Waals surface area contributed by atoms with E-state index in [1.165, 1.54) is 6.07 Å². The van der Waals surface area contributed by atoms with Gasteiger partial charge in [0, 0.05) is 17.8 Å². The topological polar surface area (TPSA) is 50.4 Å². The second-order valence-corrected chi connectivity index (χ2v) is 6.85. The zero-order chi connectivity index (χ0) is 17.4. The zero-order valence-corrected chi connectivity index (χ0v) is 14.1. The molecule has 2 aliphatic rings. The van der Waals surface area contributed by atoms with E-state index < -0.39 is 5.41 Å². The van der Waals surface area contributed by atoms with Crippen molar-refractivity contribution in [3.05, 3.63) is 53.8 Å². The van der Waals surface area contributed by atoms with Gasteiger partial charge >= 0.3 is 0 Å². The van der Waals surface area contributed by atoms with E-state index >= 15 is 0 Å². The molecule has 1 saturated carbocycles. The summed E-state index contributed by atoms with van der Waals surface area (Å²) in [5, 5.41) is 6.29. The van der Waals surface area contributed by atoms with Crippen LogP contribution < -0.4 is 15.4 Å². The lowest BCUT2D eigenvalue weighted by atomic mass is 9.69. The molecule has 2 aromatic carbocycles. The van der Waals surface area contributed by atoms with Crippen molar-refractivity contribution in [3.63, 3.8) is 0 Å². The molecule has 0 aromatic heterocycles. The van der Waals surface area contributed by atoms with Crippen LogP contribution in [0.1, 0.15) is 31.2 Å². The van der Waals surface area contributed by atoms with E-state index in [9.17, 15) is 9.18 Å². The summed E-state index contributed by atoms with van der Waals surface area (Å²) in [6.07, 6.45) is 3.16. The summed E-state index contributed by atoms with van der Waals surface area (Å²) in [5.74, 6) is 0.435. The van der Waals surface area contributed by atoms with Crippen LogP contribution in [0.2, 0.25) is 0 Å². The Bertz CT molecular complexity index is 813. The molecule has 5 heteroatoms. The van der Waals surface area contributed by atoms with Crippen LogP contribution in [-0.4, -0.2) is 19.1 Å². The molecular weight excluding hydrogens is 319 g/mol. The Kier molecular flexibility index (Phi) is 3.86. The first-order chi connectivity index (χ1) is 12.1. The SMILES string of the molecule is COc1ccc(F)c(NC2CCC3(CC2)C(=O)Nc2ccccc23)c1. The van der Waals surface area contributed by atoms with Crippen molar-refractivity contribution < 1.29 is 13.9 Å². The highest BCUT2D eigenvalue weighted by molar-refractivity contribution is 6.06. The van der Waals surface area contributed by atoms with Crippen LogP contribution >= 0.6 is 0 Å². The Morgan fingerprint density at radius 1 is 1.20 bits per heavy atom. The molecule has 2 N–H and O–H groups in total. The molecule has 1 heterocycles. The first-order valence-electron chi connectivity index (χ1n) is 8.63. The lowest BCUT2D eigenvalue weighted by Gasteiger charge is -2.36. The number of nitrogens with one attached hydrogen (secondary N) is 2. The maximum atomic E-state index is 14.0. The Labute approximate surface area is 146 Å². The van der Waals surface area contributed by atoms with Crippen molar-refractivity contribution in [1.29, 1.82) is 0 Å². The molecule has 25 heavy (non-hydrogen) atoms. The van der Waals surface area contributed by atoms with Crippen molar-refractivity contribution in [3.8, 4) is 5.75 Å². The van der Waals surface area contributed by atoms with Crippen LogP contribution in [0, 0.1) is 5.82 Å². The van der Waals surface area contributed by atoms with E-state index in [1.54, 1.807) is 19.2 Å². The number of anilines is 2. The first-order valence-corrected chi connectivity index (χ1v) is 8.63. The lowest BCUT2D eigenvalue weighted by Crippen LogP contribution is -2.41. The number of hydrogen-bond acceptors (Lipinski definition) is 3. The van der Waals surface area contributed by atoms with E-state index in [0.717, 1.165) is 36.9 Å². The van der Waals surface area contributed by atoms with Crippen molar-refractivity contribution in [2.75, 3.05) is 17.7 Å². The Hall–Kier alpha value is -2.56. The molecule has 4 rings (SSSR count). The van der Waals surface area contributed by atoms with Gasteiger partial charge in [-0.15, -0.1) is 0 Å². The normalized spacial score (nSPS) is 24.7. The maximum absolute atomic E-state index is 14.0. The number of halogens is 1. The average Bonchev–Trinajstić information content (AvgIpc) is 2.91. The van der Waals surface area contributed by atoms with Crippen molar-refractivity contribution in [2.24, 2.45) is 0 Å². The Balaban J connectivity index is 1.50. The predicted octanol–water partition coefficient (Wildman–Crippen LogP) is 4.08. The Morgan fingerprint density at radius 2 is 1.96 bits per heavy atom. The zero-order valence-electron chi connectivity index (χ0n) is 14.1. The average molecular weight is 340 g/mol. The minimum atomic E-state index is -0.429. The van der Waals surface area contributed by atoms with E-state index in [1.807, 2.05) is 24.3 Å². The first kappa shape index (κ1) is 15.9. The number of hydrogen-bond donors (Lipinski definition) is 2. The van der Waals surface area contributed by atoms with E-state index in [4.69, 9.17) is 4.74 Å². The molecule has 1 spiro atoms. The largest absolute Gasteiger partial charge is 0.497 e. The smallest absolute Gasteiger partial charge is 0.235 e. The van der Waals surface area contributed by atoms with Gasteiger partial charge in [-0.25, -0.2) is 4.39 Å². The summed E-state index contributed by atoms with van der Waals surface area (Å²) < 4.78 is 19.2. The summed E-state index contributed by atoms with van der Waals surface area (Å²) in [7, 11) is 1.57. The number of rotatable bonds is 3. The molecule has 0 bridgehead atoms. The molecule has 1 aliphatic heterocycles. The quantitative estimate of drug-likeness (QED) is 0.885. The summed E-state index contributed by atoms with van der Waals surface area (Å²) in [6, 6.07) is 12.8. The second-order valence-electron chi connectivity index (χ2n) is 6.85. The molecule has 1 fully saturated rings. The third-order valence-electron chi connectivity index (χ3n) is 5.50. The molecule has 1 aliphatic carbocycles. The van der Waals surface area contributed by atoms with Crippen LogP contribution in [0.5, 0.6) is 5.75 Å². The van der Waals surface area contributed by atoms with Crippen molar-refractivity contribution in [1.82, 2.24) is 0 Å².